The second-order valence-electron chi connectivity index (χ2n) is 11.2. The Kier molecular flexibility index (Phi) is 8.57. The van der Waals surface area contributed by atoms with Gasteiger partial charge in [-0.25, -0.2) is 0 Å². The van der Waals surface area contributed by atoms with Crippen LogP contribution < -0.4 is 0 Å². The molecule has 38 heavy (non-hydrogen) atoms. The highest BCUT2D eigenvalue weighted by Gasteiger charge is 2.31. The normalized spacial score (nSPS) is 15.6. The Labute approximate surface area is 228 Å². The summed E-state index contributed by atoms with van der Waals surface area (Å²) in [5, 5.41) is 20.1. The van der Waals surface area contributed by atoms with Crippen LogP contribution in [0.2, 0.25) is 0 Å². The zero-order valence-electron chi connectivity index (χ0n) is 23.4. The van der Waals surface area contributed by atoms with E-state index in [0.29, 0.717) is 0 Å². The van der Waals surface area contributed by atoms with E-state index in [-0.39, 0.29) is 11.8 Å². The van der Waals surface area contributed by atoms with Crippen LogP contribution in [0.5, 0.6) is 0 Å². The number of carboxylic acids is 1. The van der Waals surface area contributed by atoms with Crippen molar-refractivity contribution in [3.05, 3.63) is 100 Å². The van der Waals surface area contributed by atoms with E-state index in [1.807, 2.05) is 24.3 Å². The van der Waals surface area contributed by atoms with E-state index in [1.54, 1.807) is 0 Å². The van der Waals surface area contributed by atoms with Crippen LogP contribution in [0.4, 0.5) is 0 Å². The number of carboxylic acid groups (broad SMARTS) is 1. The van der Waals surface area contributed by atoms with Crippen molar-refractivity contribution in [2.75, 3.05) is 0 Å². The van der Waals surface area contributed by atoms with Gasteiger partial charge < -0.3 is 10.2 Å². The van der Waals surface area contributed by atoms with Crippen molar-refractivity contribution in [3.8, 4) is 11.1 Å². The number of carbonyl (C=O) groups is 1. The predicted molar refractivity (Wildman–Crippen MR) is 158 cm³/mol. The summed E-state index contributed by atoms with van der Waals surface area (Å²) in [4.78, 5) is 11.2. The van der Waals surface area contributed by atoms with E-state index < -0.39 is 11.6 Å². The zero-order valence-corrected chi connectivity index (χ0v) is 23.4. The highest BCUT2D eigenvalue weighted by Crippen LogP contribution is 2.41. The third-order valence-corrected chi connectivity index (χ3v) is 8.69. The van der Waals surface area contributed by atoms with Crippen molar-refractivity contribution >= 4 is 12.0 Å². The summed E-state index contributed by atoms with van der Waals surface area (Å²) in [5.74, 6) is -0.813. The first kappa shape index (κ1) is 27.9. The molecule has 0 radical (unpaired) electrons. The molecule has 0 unspecified atom stereocenters. The van der Waals surface area contributed by atoms with E-state index in [0.717, 1.165) is 55.2 Å². The topological polar surface area (TPSA) is 57.5 Å². The lowest BCUT2D eigenvalue weighted by atomic mass is 9.69. The summed E-state index contributed by atoms with van der Waals surface area (Å²) in [6, 6.07) is 21.4. The molecule has 0 aliphatic heterocycles. The molecule has 1 aliphatic carbocycles. The van der Waals surface area contributed by atoms with Gasteiger partial charge >= 0.3 is 5.97 Å². The molecule has 0 atom stereocenters. The second-order valence-corrected chi connectivity index (χ2v) is 11.2. The smallest absolute Gasteiger partial charge is 0.307 e. The van der Waals surface area contributed by atoms with E-state index in [9.17, 15) is 15.0 Å². The summed E-state index contributed by atoms with van der Waals surface area (Å²) < 4.78 is 0. The maximum Gasteiger partial charge on any atom is 0.307 e. The van der Waals surface area contributed by atoms with Crippen molar-refractivity contribution in [3.63, 3.8) is 0 Å². The van der Waals surface area contributed by atoms with Gasteiger partial charge in [0.05, 0.1) is 12.0 Å². The molecule has 3 heteroatoms. The van der Waals surface area contributed by atoms with Gasteiger partial charge in [-0.3, -0.25) is 4.79 Å². The molecule has 3 aromatic carbocycles. The Morgan fingerprint density at radius 2 is 1.55 bits per heavy atom. The maximum atomic E-state index is 11.2. The molecule has 0 saturated heterocycles. The van der Waals surface area contributed by atoms with Crippen molar-refractivity contribution in [1.29, 1.82) is 0 Å². The number of aryl methyl sites for hydroxylation is 2. The highest BCUT2D eigenvalue weighted by molar-refractivity contribution is 5.73. The van der Waals surface area contributed by atoms with Gasteiger partial charge in [-0.1, -0.05) is 106 Å². The Bertz CT molecular complexity index is 1310. The lowest BCUT2D eigenvalue weighted by Gasteiger charge is -2.34. The average molecular weight is 511 g/mol. The Balaban J connectivity index is 1.65. The largest absolute Gasteiger partial charge is 0.481 e. The molecule has 200 valence electrons. The Morgan fingerprint density at radius 1 is 0.895 bits per heavy atom. The molecule has 0 amide bonds. The fraction of sp³-hybridized carbons (Fsp3) is 0.400. The summed E-state index contributed by atoms with van der Waals surface area (Å²) in [7, 11) is 0. The van der Waals surface area contributed by atoms with E-state index in [1.165, 1.54) is 34.2 Å². The lowest BCUT2D eigenvalue weighted by Crippen LogP contribution is -2.28. The van der Waals surface area contributed by atoms with Crippen molar-refractivity contribution < 1.29 is 15.0 Å². The number of aliphatic hydroxyl groups is 1. The minimum Gasteiger partial charge on any atom is -0.481 e. The van der Waals surface area contributed by atoms with Crippen molar-refractivity contribution in [1.82, 2.24) is 0 Å². The van der Waals surface area contributed by atoms with Gasteiger partial charge in [-0.2, -0.15) is 0 Å². The molecule has 0 bridgehead atoms. The third kappa shape index (κ3) is 5.94. The van der Waals surface area contributed by atoms with E-state index in [2.05, 4.69) is 76.2 Å². The van der Waals surface area contributed by atoms with Crippen molar-refractivity contribution in [2.45, 2.75) is 90.1 Å². The number of aliphatic carboxylic acids is 1. The van der Waals surface area contributed by atoms with Gasteiger partial charge in [0, 0.05) is 5.41 Å². The van der Waals surface area contributed by atoms with Crippen LogP contribution >= 0.6 is 0 Å². The SMILES string of the molecule is CCC(CC)(c1ccc(/C=C/C2(O)CCCCC2)c(C)c1)c1ccc(-c2cccc(CC(=O)O)c2)c(C)c1. The lowest BCUT2D eigenvalue weighted by molar-refractivity contribution is -0.136. The number of hydrogen-bond acceptors (Lipinski definition) is 2. The van der Waals surface area contributed by atoms with Crippen LogP contribution in [0.15, 0.2) is 66.7 Å². The standard InChI is InChI=1S/C35H42O3/c1-5-35(6-2,30-14-13-28(25(3)21-30)17-20-34(38)18-8-7-9-19-34)31-15-16-32(26(4)22-31)29-12-10-11-27(23-29)24-33(36)37/h10-17,20-23,38H,5-9,18-19,24H2,1-4H3,(H,36,37)/b20-17+. The molecule has 3 nitrogen and oxygen atoms in total. The fourth-order valence-electron chi connectivity index (χ4n) is 6.28. The molecular weight excluding hydrogens is 468 g/mol. The Morgan fingerprint density at radius 3 is 2.16 bits per heavy atom. The molecule has 1 saturated carbocycles. The predicted octanol–water partition coefficient (Wildman–Crippen LogP) is 8.41. The van der Waals surface area contributed by atoms with Crippen LogP contribution in [0.25, 0.3) is 17.2 Å². The molecule has 1 aliphatic rings. The van der Waals surface area contributed by atoms with Gasteiger partial charge in [0.2, 0.25) is 0 Å². The minimum atomic E-state index is -0.813. The first-order valence-corrected chi connectivity index (χ1v) is 14.1. The van der Waals surface area contributed by atoms with Crippen LogP contribution in [0, 0.1) is 13.8 Å². The second kappa shape index (κ2) is 11.7. The van der Waals surface area contributed by atoms with E-state index >= 15 is 0 Å². The summed E-state index contributed by atoms with van der Waals surface area (Å²) in [6.45, 7) is 8.85. The number of hydrogen-bond donors (Lipinski definition) is 2. The fourth-order valence-corrected chi connectivity index (χ4v) is 6.28. The average Bonchev–Trinajstić information content (AvgIpc) is 2.89. The summed E-state index contributed by atoms with van der Waals surface area (Å²) in [5.41, 5.74) is 8.48. The number of rotatable bonds is 9. The molecule has 0 aromatic heterocycles. The van der Waals surface area contributed by atoms with Crippen molar-refractivity contribution in [2.24, 2.45) is 0 Å². The first-order chi connectivity index (χ1) is 18.2. The minimum absolute atomic E-state index is 0.0313. The monoisotopic (exact) mass is 510 g/mol. The summed E-state index contributed by atoms with van der Waals surface area (Å²) >= 11 is 0. The molecule has 0 heterocycles. The van der Waals surface area contributed by atoms with Crippen LogP contribution in [0.3, 0.4) is 0 Å². The van der Waals surface area contributed by atoms with Crippen LogP contribution in [-0.2, 0) is 16.6 Å². The molecule has 1 fully saturated rings. The van der Waals surface area contributed by atoms with Crippen LogP contribution in [0.1, 0.15) is 92.2 Å². The van der Waals surface area contributed by atoms with E-state index in [4.69, 9.17) is 0 Å². The van der Waals surface area contributed by atoms with Gasteiger partial charge in [0.1, 0.15) is 0 Å². The Hall–Kier alpha value is -3.17. The first-order valence-electron chi connectivity index (χ1n) is 14.1. The molecule has 0 spiro atoms. The van der Waals surface area contributed by atoms with Gasteiger partial charge in [-0.05, 0) is 84.0 Å². The molecular formula is C35H42O3. The third-order valence-electron chi connectivity index (χ3n) is 8.69. The van der Waals surface area contributed by atoms with Gasteiger partial charge in [-0.15, -0.1) is 0 Å². The number of benzene rings is 3. The van der Waals surface area contributed by atoms with Crippen LogP contribution in [-0.4, -0.2) is 21.8 Å². The quantitative estimate of drug-likeness (QED) is 0.304. The highest BCUT2D eigenvalue weighted by atomic mass is 16.4. The van der Waals surface area contributed by atoms with Gasteiger partial charge in [0.15, 0.2) is 0 Å². The molecule has 3 aromatic rings. The van der Waals surface area contributed by atoms with Gasteiger partial charge in [0.25, 0.3) is 0 Å². The zero-order chi connectivity index (χ0) is 27.3. The summed E-state index contributed by atoms with van der Waals surface area (Å²) in [6.07, 6.45) is 11.3. The molecule has 4 rings (SSSR count). The maximum absolute atomic E-state index is 11.2. The molecule has 2 N–H and O–H groups in total.